The van der Waals surface area contributed by atoms with Crippen molar-refractivity contribution in [3.8, 4) is 0 Å². The molecule has 0 saturated carbocycles. The molecule has 144 valence electrons. The maximum atomic E-state index is 2.33. The van der Waals surface area contributed by atoms with Crippen molar-refractivity contribution in [1.82, 2.24) is 4.90 Å². The smallest absolute Gasteiger partial charge is 0.164 e. The van der Waals surface area contributed by atoms with Crippen LogP contribution in [-0.2, 0) is 0 Å². The molecule has 0 aliphatic carbocycles. The predicted molar refractivity (Wildman–Crippen MR) is 103 cm³/mol. The third-order valence-corrected chi connectivity index (χ3v) is 5.49. The molecule has 0 amide bonds. The van der Waals surface area contributed by atoms with E-state index in [0.717, 1.165) is 0 Å². The highest BCUT2D eigenvalue weighted by molar-refractivity contribution is 4.79. The third kappa shape index (κ3) is 11.4. The zero-order valence-electron chi connectivity index (χ0n) is 16.7. The van der Waals surface area contributed by atoms with Crippen LogP contribution in [0, 0.1) is 0 Å². The molecule has 0 aromatic heterocycles. The van der Waals surface area contributed by atoms with Crippen LogP contribution in [0.5, 0.6) is 0 Å². The van der Waals surface area contributed by atoms with Crippen LogP contribution in [0.3, 0.4) is 0 Å². The fourth-order valence-electron chi connectivity index (χ4n) is 3.56. The molecule has 2 nitrogen and oxygen atoms in total. The molecule has 1 rings (SSSR count). The predicted octanol–water partition coefficient (Wildman–Crippen LogP) is 2.12. The van der Waals surface area contributed by atoms with E-state index in [4.69, 9.17) is 0 Å². The van der Waals surface area contributed by atoms with Gasteiger partial charge >= 0.3 is 0 Å². The normalized spacial score (nSPS) is 19.7. The van der Waals surface area contributed by atoms with Gasteiger partial charge < -0.3 is 17.3 Å². The summed E-state index contributed by atoms with van der Waals surface area (Å²) in [7, 11) is 2.18. The van der Waals surface area contributed by atoms with Crippen LogP contribution >= 0.6 is 0 Å². The Kier molecular flexibility index (Phi) is 16.1. The second-order valence-corrected chi connectivity index (χ2v) is 7.58. The summed E-state index contributed by atoms with van der Waals surface area (Å²) >= 11 is 0. The van der Waals surface area contributed by atoms with Crippen molar-refractivity contribution in [3.05, 3.63) is 12.4 Å². The van der Waals surface area contributed by atoms with Gasteiger partial charge in [-0.25, -0.2) is 0 Å². The van der Waals surface area contributed by atoms with Crippen LogP contribution in [0.2, 0.25) is 0 Å². The summed E-state index contributed by atoms with van der Waals surface area (Å²) in [5, 5.41) is 0. The first-order valence-electron chi connectivity index (χ1n) is 10.5. The van der Waals surface area contributed by atoms with E-state index in [-0.39, 0.29) is 12.4 Å². The van der Waals surface area contributed by atoms with Crippen molar-refractivity contribution < 1.29 is 17.3 Å². The van der Waals surface area contributed by atoms with Crippen LogP contribution < -0.4 is 17.3 Å². The summed E-state index contributed by atoms with van der Waals surface area (Å²) in [6.07, 6.45) is 25.5. The number of hydrogen-bond acceptors (Lipinski definition) is 1. The van der Waals surface area contributed by atoms with Crippen molar-refractivity contribution in [2.45, 2.75) is 110 Å². The van der Waals surface area contributed by atoms with E-state index in [1.165, 1.54) is 96.4 Å². The molecule has 2 atom stereocenters. The fourth-order valence-corrected chi connectivity index (χ4v) is 3.56. The van der Waals surface area contributed by atoms with Crippen LogP contribution in [0.4, 0.5) is 0 Å². The minimum absolute atomic E-state index is 0. The van der Waals surface area contributed by atoms with Crippen LogP contribution in [0.1, 0.15) is 104 Å². The minimum atomic E-state index is 0. The molecule has 0 aromatic carbocycles. The lowest BCUT2D eigenvalue weighted by Crippen LogP contribution is -3.11. The number of quaternary nitrogens is 1. The Morgan fingerprint density at radius 3 is 1.54 bits per heavy atom. The molecule has 0 bridgehead atoms. The summed E-state index contributed by atoms with van der Waals surface area (Å²) in [5.41, 5.74) is 0. The first-order valence-corrected chi connectivity index (χ1v) is 10.5. The minimum Gasteiger partial charge on any atom is -1.00 e. The summed E-state index contributed by atoms with van der Waals surface area (Å²) in [6, 6.07) is 0. The Bertz CT molecular complexity index is 294. The molecule has 0 spiro atoms. The third-order valence-electron chi connectivity index (χ3n) is 5.49. The van der Waals surface area contributed by atoms with Gasteiger partial charge in [0, 0.05) is 14.0 Å². The lowest BCUT2D eigenvalue weighted by Gasteiger charge is -2.21. The second-order valence-electron chi connectivity index (χ2n) is 7.58. The molecule has 1 aliphatic rings. The summed E-state index contributed by atoms with van der Waals surface area (Å²) in [5.74, 6) is 0. The number of hydrogen-bond donors (Lipinski definition) is 1. The quantitative estimate of drug-likeness (QED) is 0.441. The number of rotatable bonds is 15. The number of nitrogens with one attached hydrogen (secondary N) is 1. The van der Waals surface area contributed by atoms with Crippen molar-refractivity contribution in [1.29, 1.82) is 0 Å². The van der Waals surface area contributed by atoms with E-state index in [1.54, 1.807) is 4.90 Å². The maximum Gasteiger partial charge on any atom is 0.164 e. The molecule has 0 aromatic rings. The SMILES string of the molecule is CCCCCCCCCCCCCCCC[NH+]1C=CN(C)C1C.[Cl-]. The van der Waals surface area contributed by atoms with Crippen LogP contribution in [-0.4, -0.2) is 24.7 Å². The first-order chi connectivity index (χ1) is 11.3. The fraction of sp³-hybridized carbons (Fsp3) is 0.905. The zero-order chi connectivity index (χ0) is 16.8. The van der Waals surface area contributed by atoms with Gasteiger partial charge in [-0.2, -0.15) is 0 Å². The van der Waals surface area contributed by atoms with Gasteiger partial charge in [-0.1, -0.05) is 84.0 Å². The first kappa shape index (κ1) is 23.8. The molecule has 1 N–H and O–H groups in total. The van der Waals surface area contributed by atoms with Crippen molar-refractivity contribution in [3.63, 3.8) is 0 Å². The Hall–Kier alpha value is -0.210. The van der Waals surface area contributed by atoms with E-state index in [0.29, 0.717) is 6.17 Å². The van der Waals surface area contributed by atoms with Crippen molar-refractivity contribution in [2.24, 2.45) is 0 Å². The van der Waals surface area contributed by atoms with Gasteiger partial charge in [0.25, 0.3) is 0 Å². The molecule has 1 aliphatic heterocycles. The van der Waals surface area contributed by atoms with Gasteiger partial charge in [-0.15, -0.1) is 0 Å². The Morgan fingerprint density at radius 2 is 1.17 bits per heavy atom. The molecule has 1 heterocycles. The summed E-state index contributed by atoms with van der Waals surface area (Å²) in [4.78, 5) is 3.95. The number of unbranched alkanes of at least 4 members (excludes halogenated alkanes) is 13. The van der Waals surface area contributed by atoms with Crippen molar-refractivity contribution >= 4 is 0 Å². The summed E-state index contributed by atoms with van der Waals surface area (Å²) < 4.78 is 0. The second kappa shape index (κ2) is 16.3. The molecular formula is C21H43ClN2. The van der Waals surface area contributed by atoms with E-state index in [2.05, 4.69) is 38.2 Å². The number of halogens is 1. The zero-order valence-corrected chi connectivity index (χ0v) is 17.4. The Labute approximate surface area is 158 Å². The van der Waals surface area contributed by atoms with E-state index < -0.39 is 0 Å². The molecule has 24 heavy (non-hydrogen) atoms. The average molecular weight is 359 g/mol. The molecular weight excluding hydrogens is 316 g/mol. The standard InChI is InChI=1S/C21H42N2.ClH/c1-4-5-6-7-8-9-10-11-12-13-14-15-16-17-18-23-20-19-22(3)21(23)2;/h19-21H,4-18H2,1-3H3;1H. The average Bonchev–Trinajstić information content (AvgIpc) is 2.87. The van der Waals surface area contributed by atoms with E-state index >= 15 is 0 Å². The molecule has 0 saturated heterocycles. The monoisotopic (exact) mass is 358 g/mol. The van der Waals surface area contributed by atoms with Crippen LogP contribution in [0.15, 0.2) is 12.4 Å². The van der Waals surface area contributed by atoms with E-state index in [9.17, 15) is 0 Å². The topological polar surface area (TPSA) is 7.68 Å². The highest BCUT2D eigenvalue weighted by Gasteiger charge is 2.22. The Morgan fingerprint density at radius 1 is 0.750 bits per heavy atom. The molecule has 0 radical (unpaired) electrons. The van der Waals surface area contributed by atoms with Gasteiger partial charge in [0.05, 0.1) is 12.7 Å². The van der Waals surface area contributed by atoms with Gasteiger partial charge in [-0.05, 0) is 12.8 Å². The van der Waals surface area contributed by atoms with Gasteiger partial charge in [0.2, 0.25) is 0 Å². The molecule has 3 heteroatoms. The lowest BCUT2D eigenvalue weighted by atomic mass is 10.0. The maximum absolute atomic E-state index is 2.33. The van der Waals surface area contributed by atoms with Gasteiger partial charge in [0.15, 0.2) is 6.17 Å². The highest BCUT2D eigenvalue weighted by atomic mass is 35.5. The van der Waals surface area contributed by atoms with Gasteiger partial charge in [0.1, 0.15) is 6.20 Å². The summed E-state index contributed by atoms with van der Waals surface area (Å²) in [6.45, 7) is 5.92. The number of nitrogens with zero attached hydrogens (tertiary/aromatic N) is 1. The molecule has 0 fully saturated rings. The van der Waals surface area contributed by atoms with Gasteiger partial charge in [-0.3, -0.25) is 4.90 Å². The lowest BCUT2D eigenvalue weighted by molar-refractivity contribution is -0.875. The highest BCUT2D eigenvalue weighted by Crippen LogP contribution is 2.12. The van der Waals surface area contributed by atoms with Crippen molar-refractivity contribution in [2.75, 3.05) is 13.6 Å². The molecule has 2 unspecified atom stereocenters. The largest absolute Gasteiger partial charge is 1.00 e. The van der Waals surface area contributed by atoms with E-state index in [1.807, 2.05) is 0 Å². The van der Waals surface area contributed by atoms with Crippen LogP contribution in [0.25, 0.3) is 0 Å². The Balaban J connectivity index is 0.00000529.